The van der Waals surface area contributed by atoms with Crippen LogP contribution in [0, 0.1) is 5.92 Å². The lowest BCUT2D eigenvalue weighted by molar-refractivity contribution is -0.143. The maximum Gasteiger partial charge on any atom is 0.326 e. The van der Waals surface area contributed by atoms with Gasteiger partial charge in [-0.25, -0.2) is 4.79 Å². The van der Waals surface area contributed by atoms with E-state index in [0.717, 1.165) is 0 Å². The Morgan fingerprint density at radius 3 is 2.57 bits per heavy atom. The van der Waals surface area contributed by atoms with E-state index >= 15 is 0 Å². The zero-order valence-corrected chi connectivity index (χ0v) is 12.1. The molecule has 0 unspecified atom stereocenters. The fourth-order valence-corrected chi connectivity index (χ4v) is 1.70. The van der Waals surface area contributed by atoms with Crippen LogP contribution in [0.15, 0.2) is 22.8 Å². The van der Waals surface area contributed by atoms with Crippen LogP contribution in [0.5, 0.6) is 0 Å². The highest BCUT2D eigenvalue weighted by Crippen LogP contribution is 2.03. The number of carbonyl (C=O) groups is 3. The van der Waals surface area contributed by atoms with Gasteiger partial charge in [0.05, 0.1) is 6.26 Å². The van der Waals surface area contributed by atoms with E-state index < -0.39 is 12.0 Å². The Bertz CT molecular complexity index is 482. The van der Waals surface area contributed by atoms with Crippen molar-refractivity contribution in [1.82, 2.24) is 10.6 Å². The number of carboxylic acids is 1. The van der Waals surface area contributed by atoms with Gasteiger partial charge in [-0.2, -0.15) is 0 Å². The molecule has 0 spiro atoms. The second-order valence-corrected chi connectivity index (χ2v) is 4.96. The third-order valence-electron chi connectivity index (χ3n) is 2.86. The maximum atomic E-state index is 11.6. The average Bonchev–Trinajstić information content (AvgIpc) is 2.94. The lowest BCUT2D eigenvalue weighted by atomic mass is 10.0. The second kappa shape index (κ2) is 8.08. The van der Waals surface area contributed by atoms with E-state index in [1.807, 2.05) is 0 Å². The Morgan fingerprint density at radius 2 is 2.05 bits per heavy atom. The highest BCUT2D eigenvalue weighted by Gasteiger charge is 2.22. The number of amides is 2. The second-order valence-electron chi connectivity index (χ2n) is 4.96. The standard InChI is InChI=1S/C14H20N2O5/c1-9(2)12(14(19)20)16-11(17)6-3-7-15-13(18)10-5-4-8-21-10/h4-5,8-9,12H,3,6-7H2,1-2H3,(H,15,18)(H,16,17)(H,19,20)/t12-/m0/s1. The molecule has 1 atom stereocenters. The van der Waals surface area contributed by atoms with Gasteiger partial charge in [0.25, 0.3) is 5.91 Å². The molecule has 0 aromatic carbocycles. The first-order chi connectivity index (χ1) is 9.91. The predicted molar refractivity (Wildman–Crippen MR) is 74.7 cm³/mol. The number of hydrogen-bond donors (Lipinski definition) is 3. The molecule has 3 N–H and O–H groups in total. The SMILES string of the molecule is CC(C)[C@H](NC(=O)CCCNC(=O)c1ccco1)C(=O)O. The first-order valence-corrected chi connectivity index (χ1v) is 6.75. The van der Waals surface area contributed by atoms with Crippen LogP contribution in [0.4, 0.5) is 0 Å². The molecule has 0 aliphatic carbocycles. The first kappa shape index (κ1) is 16.7. The van der Waals surface area contributed by atoms with Crippen molar-refractivity contribution in [2.75, 3.05) is 6.54 Å². The van der Waals surface area contributed by atoms with Gasteiger partial charge in [0, 0.05) is 13.0 Å². The average molecular weight is 296 g/mol. The molecule has 7 heteroatoms. The quantitative estimate of drug-likeness (QED) is 0.620. The van der Waals surface area contributed by atoms with Crippen molar-refractivity contribution in [2.45, 2.75) is 32.7 Å². The zero-order chi connectivity index (χ0) is 15.8. The summed E-state index contributed by atoms with van der Waals surface area (Å²) >= 11 is 0. The molecule has 21 heavy (non-hydrogen) atoms. The Balaban J connectivity index is 2.24. The molecule has 1 rings (SSSR count). The highest BCUT2D eigenvalue weighted by atomic mass is 16.4. The van der Waals surface area contributed by atoms with Crippen molar-refractivity contribution in [3.8, 4) is 0 Å². The van der Waals surface area contributed by atoms with Crippen molar-refractivity contribution in [3.05, 3.63) is 24.2 Å². The summed E-state index contributed by atoms with van der Waals surface area (Å²) in [7, 11) is 0. The summed E-state index contributed by atoms with van der Waals surface area (Å²) in [5.41, 5.74) is 0. The number of carboxylic acid groups (broad SMARTS) is 1. The summed E-state index contributed by atoms with van der Waals surface area (Å²) in [6, 6.07) is 2.26. The molecular weight excluding hydrogens is 276 g/mol. The molecule has 1 heterocycles. The normalized spacial score (nSPS) is 12.0. The molecule has 1 aromatic heterocycles. The van der Waals surface area contributed by atoms with E-state index in [2.05, 4.69) is 10.6 Å². The van der Waals surface area contributed by atoms with Gasteiger partial charge >= 0.3 is 5.97 Å². The molecule has 0 aliphatic heterocycles. The van der Waals surface area contributed by atoms with E-state index in [-0.39, 0.29) is 29.9 Å². The molecule has 2 amide bonds. The third kappa shape index (κ3) is 5.68. The van der Waals surface area contributed by atoms with Crippen LogP contribution in [0.1, 0.15) is 37.2 Å². The minimum atomic E-state index is -1.05. The van der Waals surface area contributed by atoms with Crippen LogP contribution in [-0.2, 0) is 9.59 Å². The number of rotatable bonds is 8. The van der Waals surface area contributed by atoms with E-state index in [1.165, 1.54) is 6.26 Å². The third-order valence-corrected chi connectivity index (χ3v) is 2.86. The lowest BCUT2D eigenvalue weighted by Crippen LogP contribution is -2.44. The summed E-state index contributed by atoms with van der Waals surface area (Å²) in [6.07, 6.45) is 1.97. The molecule has 116 valence electrons. The summed E-state index contributed by atoms with van der Waals surface area (Å²) in [5, 5.41) is 14.0. The molecule has 0 aliphatic rings. The highest BCUT2D eigenvalue weighted by molar-refractivity contribution is 5.91. The molecular formula is C14H20N2O5. The molecule has 1 aromatic rings. The van der Waals surface area contributed by atoms with Crippen molar-refractivity contribution < 1.29 is 23.9 Å². The Labute approximate surface area is 122 Å². The van der Waals surface area contributed by atoms with Gasteiger partial charge in [-0.3, -0.25) is 9.59 Å². The number of aliphatic carboxylic acids is 1. The maximum absolute atomic E-state index is 11.6. The lowest BCUT2D eigenvalue weighted by Gasteiger charge is -2.17. The van der Waals surface area contributed by atoms with Crippen LogP contribution < -0.4 is 10.6 Å². The number of carbonyl (C=O) groups excluding carboxylic acids is 2. The van der Waals surface area contributed by atoms with Crippen LogP contribution >= 0.6 is 0 Å². The topological polar surface area (TPSA) is 109 Å². The summed E-state index contributed by atoms with van der Waals surface area (Å²) in [4.78, 5) is 34.1. The van der Waals surface area contributed by atoms with Gasteiger partial charge in [-0.15, -0.1) is 0 Å². The molecule has 7 nitrogen and oxygen atoms in total. The van der Waals surface area contributed by atoms with E-state index in [4.69, 9.17) is 9.52 Å². The summed E-state index contributed by atoms with van der Waals surface area (Å²) in [6.45, 7) is 3.76. The van der Waals surface area contributed by atoms with Gasteiger partial charge < -0.3 is 20.2 Å². The van der Waals surface area contributed by atoms with Crippen molar-refractivity contribution in [3.63, 3.8) is 0 Å². The van der Waals surface area contributed by atoms with Gasteiger partial charge in [-0.05, 0) is 24.5 Å². The number of hydrogen-bond acceptors (Lipinski definition) is 4. The number of furan rings is 1. The molecule has 0 bridgehead atoms. The Morgan fingerprint density at radius 1 is 1.33 bits per heavy atom. The Kier molecular flexibility index (Phi) is 6.45. The van der Waals surface area contributed by atoms with Crippen LogP contribution in [0.25, 0.3) is 0 Å². The van der Waals surface area contributed by atoms with Gasteiger partial charge in [0.1, 0.15) is 6.04 Å². The van der Waals surface area contributed by atoms with E-state index in [0.29, 0.717) is 13.0 Å². The minimum Gasteiger partial charge on any atom is -0.480 e. The molecule has 0 fully saturated rings. The summed E-state index contributed by atoms with van der Waals surface area (Å²) < 4.78 is 4.92. The van der Waals surface area contributed by atoms with Crippen LogP contribution in [-0.4, -0.2) is 35.5 Å². The van der Waals surface area contributed by atoms with Gasteiger partial charge in [-0.1, -0.05) is 13.8 Å². The molecule has 0 saturated heterocycles. The summed E-state index contributed by atoms with van der Waals surface area (Å²) in [5.74, 6) is -1.71. The predicted octanol–water partition coefficient (Wildman–Crippen LogP) is 1.01. The molecule has 0 radical (unpaired) electrons. The zero-order valence-electron chi connectivity index (χ0n) is 12.1. The van der Waals surface area contributed by atoms with Crippen molar-refractivity contribution in [2.24, 2.45) is 5.92 Å². The Hall–Kier alpha value is -2.31. The van der Waals surface area contributed by atoms with Crippen molar-refractivity contribution in [1.29, 1.82) is 0 Å². The largest absolute Gasteiger partial charge is 0.480 e. The fraction of sp³-hybridized carbons (Fsp3) is 0.500. The fourth-order valence-electron chi connectivity index (χ4n) is 1.70. The monoisotopic (exact) mass is 296 g/mol. The van der Waals surface area contributed by atoms with Crippen molar-refractivity contribution >= 4 is 17.8 Å². The van der Waals surface area contributed by atoms with Gasteiger partial charge in [0.15, 0.2) is 5.76 Å². The molecule has 0 saturated carbocycles. The van der Waals surface area contributed by atoms with Crippen LogP contribution in [0.2, 0.25) is 0 Å². The van der Waals surface area contributed by atoms with E-state index in [1.54, 1.807) is 26.0 Å². The smallest absolute Gasteiger partial charge is 0.326 e. The van der Waals surface area contributed by atoms with E-state index in [9.17, 15) is 14.4 Å². The minimum absolute atomic E-state index is 0.148. The van der Waals surface area contributed by atoms with Gasteiger partial charge in [0.2, 0.25) is 5.91 Å². The first-order valence-electron chi connectivity index (χ1n) is 6.75. The van der Waals surface area contributed by atoms with Crippen LogP contribution in [0.3, 0.4) is 0 Å². The number of nitrogens with one attached hydrogen (secondary N) is 2.